The SMILES string of the molecule is Cc1nc(Nc2ccc(CN)cc2)cc(N(C)C)n1. The molecule has 0 atom stereocenters. The molecule has 0 radical (unpaired) electrons. The number of rotatable bonds is 4. The molecule has 19 heavy (non-hydrogen) atoms. The van der Waals surface area contributed by atoms with Gasteiger partial charge in [0.25, 0.3) is 0 Å². The molecule has 0 amide bonds. The van der Waals surface area contributed by atoms with Gasteiger partial charge in [0, 0.05) is 32.4 Å². The van der Waals surface area contributed by atoms with Gasteiger partial charge >= 0.3 is 0 Å². The van der Waals surface area contributed by atoms with Gasteiger partial charge in [-0.1, -0.05) is 12.1 Å². The largest absolute Gasteiger partial charge is 0.363 e. The summed E-state index contributed by atoms with van der Waals surface area (Å²) in [6.07, 6.45) is 0. The number of hydrogen-bond donors (Lipinski definition) is 2. The maximum Gasteiger partial charge on any atom is 0.136 e. The quantitative estimate of drug-likeness (QED) is 0.877. The van der Waals surface area contributed by atoms with Gasteiger partial charge in [0.2, 0.25) is 0 Å². The number of nitrogens with one attached hydrogen (secondary N) is 1. The lowest BCUT2D eigenvalue weighted by Crippen LogP contribution is -2.12. The third kappa shape index (κ3) is 3.42. The Morgan fingerprint density at radius 2 is 1.84 bits per heavy atom. The molecule has 0 spiro atoms. The Bertz CT molecular complexity index is 548. The molecule has 5 heteroatoms. The van der Waals surface area contributed by atoms with E-state index in [0.717, 1.165) is 28.7 Å². The predicted octanol–water partition coefficient (Wildman–Crippen LogP) is 2.05. The van der Waals surface area contributed by atoms with Crippen LogP contribution in [0.15, 0.2) is 30.3 Å². The third-order valence-corrected chi connectivity index (χ3v) is 2.74. The highest BCUT2D eigenvalue weighted by Gasteiger charge is 2.04. The first kappa shape index (κ1) is 13.3. The fraction of sp³-hybridized carbons (Fsp3) is 0.286. The van der Waals surface area contributed by atoms with Crippen LogP contribution >= 0.6 is 0 Å². The standard InChI is InChI=1S/C14H19N5/c1-10-16-13(8-14(17-10)19(2)3)18-12-6-4-11(9-15)5-7-12/h4-8H,9,15H2,1-3H3,(H,16,17,18). The predicted molar refractivity (Wildman–Crippen MR) is 78.7 cm³/mol. The normalized spacial score (nSPS) is 10.3. The van der Waals surface area contributed by atoms with Gasteiger partial charge in [0.05, 0.1) is 0 Å². The minimum atomic E-state index is 0.553. The van der Waals surface area contributed by atoms with Gasteiger partial charge < -0.3 is 16.0 Å². The Morgan fingerprint density at radius 3 is 2.42 bits per heavy atom. The van der Waals surface area contributed by atoms with E-state index in [1.807, 2.05) is 56.3 Å². The van der Waals surface area contributed by atoms with Crippen LogP contribution in [0.5, 0.6) is 0 Å². The maximum absolute atomic E-state index is 5.58. The highest BCUT2D eigenvalue weighted by molar-refractivity contribution is 5.59. The second-order valence-electron chi connectivity index (χ2n) is 4.58. The van der Waals surface area contributed by atoms with Crippen LogP contribution in [0.3, 0.4) is 0 Å². The molecule has 1 aromatic heterocycles. The number of hydrogen-bond acceptors (Lipinski definition) is 5. The first-order valence-electron chi connectivity index (χ1n) is 6.17. The molecular formula is C14H19N5. The minimum absolute atomic E-state index is 0.553. The van der Waals surface area contributed by atoms with Gasteiger partial charge in [-0.2, -0.15) is 0 Å². The maximum atomic E-state index is 5.58. The van der Waals surface area contributed by atoms with Gasteiger partial charge in [0.1, 0.15) is 17.5 Å². The number of nitrogens with two attached hydrogens (primary N) is 1. The monoisotopic (exact) mass is 257 g/mol. The lowest BCUT2D eigenvalue weighted by molar-refractivity contribution is 0.991. The second-order valence-corrected chi connectivity index (χ2v) is 4.58. The van der Waals surface area contributed by atoms with E-state index >= 15 is 0 Å². The van der Waals surface area contributed by atoms with E-state index in [2.05, 4.69) is 15.3 Å². The summed E-state index contributed by atoms with van der Waals surface area (Å²) in [5, 5.41) is 3.27. The first-order chi connectivity index (χ1) is 9.08. The summed E-state index contributed by atoms with van der Waals surface area (Å²) in [5.41, 5.74) is 7.67. The zero-order valence-electron chi connectivity index (χ0n) is 11.5. The van der Waals surface area contributed by atoms with Gasteiger partial charge in [0.15, 0.2) is 0 Å². The van der Waals surface area contributed by atoms with Crippen molar-refractivity contribution in [2.45, 2.75) is 13.5 Å². The van der Waals surface area contributed by atoms with Crippen LogP contribution in [0.2, 0.25) is 0 Å². The van der Waals surface area contributed by atoms with Crippen molar-refractivity contribution in [3.8, 4) is 0 Å². The van der Waals surface area contributed by atoms with E-state index in [1.54, 1.807) is 0 Å². The summed E-state index contributed by atoms with van der Waals surface area (Å²) in [4.78, 5) is 10.7. The number of benzene rings is 1. The Hall–Kier alpha value is -2.14. The van der Waals surface area contributed by atoms with E-state index in [9.17, 15) is 0 Å². The molecule has 0 aliphatic rings. The summed E-state index contributed by atoms with van der Waals surface area (Å²) < 4.78 is 0. The number of anilines is 3. The van der Waals surface area contributed by atoms with Crippen molar-refractivity contribution < 1.29 is 0 Å². The van der Waals surface area contributed by atoms with Crippen molar-refractivity contribution in [3.63, 3.8) is 0 Å². The fourth-order valence-electron chi connectivity index (χ4n) is 1.72. The first-order valence-corrected chi connectivity index (χ1v) is 6.17. The summed E-state index contributed by atoms with van der Waals surface area (Å²) in [7, 11) is 3.92. The highest BCUT2D eigenvalue weighted by Crippen LogP contribution is 2.19. The Labute approximate surface area is 113 Å². The van der Waals surface area contributed by atoms with E-state index in [1.165, 1.54) is 0 Å². The molecule has 0 bridgehead atoms. The van der Waals surface area contributed by atoms with Gasteiger partial charge in [-0.25, -0.2) is 9.97 Å². The minimum Gasteiger partial charge on any atom is -0.363 e. The van der Waals surface area contributed by atoms with Gasteiger partial charge in [-0.3, -0.25) is 0 Å². The molecule has 0 unspecified atom stereocenters. The molecule has 0 fully saturated rings. The number of aryl methyl sites for hydroxylation is 1. The van der Waals surface area contributed by atoms with Crippen LogP contribution in [-0.4, -0.2) is 24.1 Å². The van der Waals surface area contributed by atoms with Gasteiger partial charge in [-0.15, -0.1) is 0 Å². The van der Waals surface area contributed by atoms with Crippen molar-refractivity contribution >= 4 is 17.3 Å². The van der Waals surface area contributed by atoms with Crippen LogP contribution in [0, 0.1) is 6.92 Å². The molecule has 1 aromatic carbocycles. The molecule has 0 aliphatic carbocycles. The molecule has 2 rings (SSSR count). The molecule has 0 saturated carbocycles. The summed E-state index contributed by atoms with van der Waals surface area (Å²) in [6, 6.07) is 9.92. The summed E-state index contributed by atoms with van der Waals surface area (Å²) in [6.45, 7) is 2.44. The Balaban J connectivity index is 2.22. The molecule has 0 saturated heterocycles. The highest BCUT2D eigenvalue weighted by atomic mass is 15.2. The molecule has 1 heterocycles. The van der Waals surface area contributed by atoms with E-state index in [0.29, 0.717) is 6.54 Å². The van der Waals surface area contributed by atoms with Crippen molar-refractivity contribution in [2.75, 3.05) is 24.3 Å². The van der Waals surface area contributed by atoms with Crippen LogP contribution in [-0.2, 0) is 6.54 Å². The lowest BCUT2D eigenvalue weighted by atomic mass is 10.2. The number of nitrogens with zero attached hydrogens (tertiary/aromatic N) is 3. The average Bonchev–Trinajstić information content (AvgIpc) is 2.39. The zero-order valence-corrected chi connectivity index (χ0v) is 11.5. The lowest BCUT2D eigenvalue weighted by Gasteiger charge is -2.14. The van der Waals surface area contributed by atoms with Crippen LogP contribution < -0.4 is 16.0 Å². The molecule has 2 aromatic rings. The third-order valence-electron chi connectivity index (χ3n) is 2.74. The van der Waals surface area contributed by atoms with Crippen molar-refractivity contribution in [1.29, 1.82) is 0 Å². The Kier molecular flexibility index (Phi) is 3.97. The van der Waals surface area contributed by atoms with Crippen molar-refractivity contribution in [3.05, 3.63) is 41.7 Å². The molecule has 0 aliphatic heterocycles. The molecule has 5 nitrogen and oxygen atoms in total. The Morgan fingerprint density at radius 1 is 1.16 bits per heavy atom. The average molecular weight is 257 g/mol. The molecule has 3 N–H and O–H groups in total. The van der Waals surface area contributed by atoms with E-state index in [-0.39, 0.29) is 0 Å². The van der Waals surface area contributed by atoms with E-state index in [4.69, 9.17) is 5.73 Å². The van der Waals surface area contributed by atoms with Crippen molar-refractivity contribution in [2.24, 2.45) is 5.73 Å². The van der Waals surface area contributed by atoms with Crippen LogP contribution in [0.4, 0.5) is 17.3 Å². The van der Waals surface area contributed by atoms with Crippen LogP contribution in [0.25, 0.3) is 0 Å². The summed E-state index contributed by atoms with van der Waals surface area (Å²) >= 11 is 0. The van der Waals surface area contributed by atoms with Crippen molar-refractivity contribution in [1.82, 2.24) is 9.97 Å². The number of aromatic nitrogens is 2. The molecular weight excluding hydrogens is 238 g/mol. The smallest absolute Gasteiger partial charge is 0.136 e. The topological polar surface area (TPSA) is 67.1 Å². The van der Waals surface area contributed by atoms with Gasteiger partial charge in [-0.05, 0) is 24.6 Å². The zero-order chi connectivity index (χ0) is 13.8. The second kappa shape index (κ2) is 5.67. The van der Waals surface area contributed by atoms with E-state index < -0.39 is 0 Å². The fourth-order valence-corrected chi connectivity index (χ4v) is 1.72. The van der Waals surface area contributed by atoms with Crippen LogP contribution in [0.1, 0.15) is 11.4 Å². The summed E-state index contributed by atoms with van der Waals surface area (Å²) in [5.74, 6) is 2.41. The molecule has 100 valence electrons.